The number of halogens is 1. The molecule has 1 atom stereocenters. The summed E-state index contributed by atoms with van der Waals surface area (Å²) in [6.07, 6.45) is 5.22. The van der Waals surface area contributed by atoms with Crippen LogP contribution in [0, 0.1) is 0 Å². The number of aryl methyl sites for hydroxylation is 1. The number of aliphatic imine (C=N–C) groups is 1. The van der Waals surface area contributed by atoms with E-state index in [9.17, 15) is 0 Å². The van der Waals surface area contributed by atoms with Crippen molar-refractivity contribution < 1.29 is 0 Å². The van der Waals surface area contributed by atoms with Gasteiger partial charge in [-0.15, -0.1) is 35.3 Å². The van der Waals surface area contributed by atoms with Crippen LogP contribution in [-0.4, -0.2) is 59.9 Å². The third-order valence-electron chi connectivity index (χ3n) is 4.25. The highest BCUT2D eigenvalue weighted by Crippen LogP contribution is 2.26. The van der Waals surface area contributed by atoms with E-state index in [0.717, 1.165) is 36.3 Å². The minimum Gasteiger partial charge on any atom is -0.354 e. The zero-order chi connectivity index (χ0) is 17.1. The molecule has 0 saturated carbocycles. The van der Waals surface area contributed by atoms with E-state index in [1.165, 1.54) is 5.56 Å². The molecule has 1 aliphatic heterocycles. The Morgan fingerprint density at radius 3 is 2.88 bits per heavy atom. The van der Waals surface area contributed by atoms with Crippen molar-refractivity contribution in [2.24, 2.45) is 12.0 Å². The Kier molecular flexibility index (Phi) is 7.05. The molecule has 25 heavy (non-hydrogen) atoms. The smallest absolute Gasteiger partial charge is 0.193 e. The second kappa shape index (κ2) is 8.84. The Hall–Kier alpha value is -1.36. The van der Waals surface area contributed by atoms with Crippen molar-refractivity contribution in [3.63, 3.8) is 0 Å². The largest absolute Gasteiger partial charge is 0.354 e. The molecule has 0 radical (unpaired) electrons. The highest BCUT2D eigenvalue weighted by Gasteiger charge is 2.26. The molecule has 1 saturated heterocycles. The van der Waals surface area contributed by atoms with Gasteiger partial charge < -0.3 is 15.1 Å². The molecule has 0 bridgehead atoms. The van der Waals surface area contributed by atoms with Crippen LogP contribution in [-0.2, 0) is 13.6 Å². The maximum atomic E-state index is 4.61. The Morgan fingerprint density at radius 1 is 1.48 bits per heavy atom. The van der Waals surface area contributed by atoms with Gasteiger partial charge in [0, 0.05) is 58.8 Å². The quantitative estimate of drug-likeness (QED) is 0.417. The van der Waals surface area contributed by atoms with Crippen molar-refractivity contribution in [1.82, 2.24) is 25.0 Å². The summed E-state index contributed by atoms with van der Waals surface area (Å²) in [4.78, 5) is 13.4. The molecule has 3 rings (SSSR count). The summed E-state index contributed by atoms with van der Waals surface area (Å²) in [5, 5.41) is 10.8. The molecular weight excluding hydrogens is 449 g/mol. The normalized spacial score (nSPS) is 17.5. The molecule has 3 heterocycles. The van der Waals surface area contributed by atoms with Crippen molar-refractivity contribution in [2.45, 2.75) is 18.9 Å². The van der Waals surface area contributed by atoms with E-state index in [2.05, 4.69) is 36.9 Å². The lowest BCUT2D eigenvalue weighted by Gasteiger charge is -2.21. The van der Waals surface area contributed by atoms with Crippen LogP contribution in [0.5, 0.6) is 0 Å². The van der Waals surface area contributed by atoms with Crippen molar-refractivity contribution in [2.75, 3.05) is 39.1 Å². The van der Waals surface area contributed by atoms with Crippen LogP contribution >= 0.6 is 35.3 Å². The Bertz CT molecular complexity index is 709. The second-order valence-corrected chi connectivity index (χ2v) is 7.13. The number of rotatable bonds is 4. The Morgan fingerprint density at radius 2 is 2.28 bits per heavy atom. The van der Waals surface area contributed by atoms with Crippen LogP contribution in [0.2, 0.25) is 0 Å². The minimum absolute atomic E-state index is 0. The molecule has 138 valence electrons. The predicted octanol–water partition coefficient (Wildman–Crippen LogP) is 2.13. The summed E-state index contributed by atoms with van der Waals surface area (Å²) in [5.74, 6) is 1.47. The lowest BCUT2D eigenvalue weighted by Crippen LogP contribution is -2.39. The molecule has 0 aliphatic carbocycles. The number of thiazole rings is 1. The average Bonchev–Trinajstić information content (AvgIpc) is 3.27. The van der Waals surface area contributed by atoms with Gasteiger partial charge in [0.15, 0.2) is 11.1 Å². The molecule has 2 aromatic heterocycles. The molecule has 0 aromatic carbocycles. The molecule has 0 amide bonds. The van der Waals surface area contributed by atoms with E-state index in [1.807, 2.05) is 44.0 Å². The van der Waals surface area contributed by atoms with Crippen molar-refractivity contribution >= 4 is 46.4 Å². The fourth-order valence-electron chi connectivity index (χ4n) is 2.96. The summed E-state index contributed by atoms with van der Waals surface area (Å²) < 4.78 is 1.87. The molecule has 0 spiro atoms. The standard InChI is InChI=1S/C16H25N7S.HI/c1-17-15(18-8-14-11-24-16(20-14)21(2)3)23-6-5-12(10-23)13-7-19-22(4)9-13;/h7,9,11-12H,5-6,8,10H2,1-4H3,(H,17,18);1H. The average molecular weight is 475 g/mol. The van der Waals surface area contributed by atoms with Gasteiger partial charge >= 0.3 is 0 Å². The van der Waals surface area contributed by atoms with Gasteiger partial charge in [0.05, 0.1) is 18.4 Å². The zero-order valence-electron chi connectivity index (χ0n) is 15.1. The number of guanidine groups is 1. The number of likely N-dealkylation sites (tertiary alicyclic amines) is 1. The summed E-state index contributed by atoms with van der Waals surface area (Å²) in [6, 6.07) is 0. The molecule has 1 aliphatic rings. The first-order valence-corrected chi connectivity index (χ1v) is 9.00. The highest BCUT2D eigenvalue weighted by molar-refractivity contribution is 14.0. The fraction of sp³-hybridized carbons (Fsp3) is 0.562. The maximum Gasteiger partial charge on any atom is 0.193 e. The first kappa shape index (κ1) is 20.0. The van der Waals surface area contributed by atoms with Crippen LogP contribution in [0.1, 0.15) is 23.6 Å². The van der Waals surface area contributed by atoms with E-state index < -0.39 is 0 Å². The fourth-order valence-corrected chi connectivity index (χ4v) is 3.72. The SMILES string of the molecule is CN=C(NCc1csc(N(C)C)n1)N1CCC(c2cnn(C)c2)C1.I. The summed E-state index contributed by atoms with van der Waals surface area (Å²) in [7, 11) is 7.83. The van der Waals surface area contributed by atoms with Crippen molar-refractivity contribution in [3.05, 3.63) is 29.0 Å². The lowest BCUT2D eigenvalue weighted by molar-refractivity contribution is 0.485. The van der Waals surface area contributed by atoms with E-state index in [1.54, 1.807) is 11.3 Å². The topological polar surface area (TPSA) is 61.6 Å². The molecule has 9 heteroatoms. The lowest BCUT2D eigenvalue weighted by atomic mass is 10.0. The highest BCUT2D eigenvalue weighted by atomic mass is 127. The number of nitrogens with one attached hydrogen (secondary N) is 1. The van der Waals surface area contributed by atoms with Crippen molar-refractivity contribution in [1.29, 1.82) is 0 Å². The number of hydrogen-bond acceptors (Lipinski definition) is 5. The second-order valence-electron chi connectivity index (χ2n) is 6.30. The third-order valence-corrected chi connectivity index (χ3v) is 5.30. The molecule has 2 aromatic rings. The number of aromatic nitrogens is 3. The van der Waals surface area contributed by atoms with E-state index in [-0.39, 0.29) is 24.0 Å². The molecule has 1 fully saturated rings. The van der Waals surface area contributed by atoms with Crippen LogP contribution in [0.15, 0.2) is 22.8 Å². The van der Waals surface area contributed by atoms with E-state index >= 15 is 0 Å². The Labute approximate surface area is 170 Å². The van der Waals surface area contributed by atoms with E-state index in [4.69, 9.17) is 0 Å². The van der Waals surface area contributed by atoms with Gasteiger partial charge in [-0.25, -0.2) is 4.98 Å². The maximum absolute atomic E-state index is 4.61. The summed E-state index contributed by atoms with van der Waals surface area (Å²) >= 11 is 1.66. The van der Waals surface area contributed by atoms with Crippen molar-refractivity contribution in [3.8, 4) is 0 Å². The van der Waals surface area contributed by atoms with Gasteiger partial charge in [0.25, 0.3) is 0 Å². The van der Waals surface area contributed by atoms with Gasteiger partial charge in [-0.05, 0) is 12.0 Å². The van der Waals surface area contributed by atoms with Crippen LogP contribution in [0.3, 0.4) is 0 Å². The predicted molar refractivity (Wildman–Crippen MR) is 114 cm³/mol. The molecule has 7 nitrogen and oxygen atoms in total. The number of hydrogen-bond donors (Lipinski definition) is 1. The van der Waals surface area contributed by atoms with Crippen LogP contribution < -0.4 is 10.2 Å². The van der Waals surface area contributed by atoms with Crippen LogP contribution in [0.25, 0.3) is 0 Å². The Balaban J connectivity index is 0.00000225. The monoisotopic (exact) mass is 475 g/mol. The molecule has 1 N–H and O–H groups in total. The van der Waals surface area contributed by atoms with E-state index in [0.29, 0.717) is 12.5 Å². The summed E-state index contributed by atoms with van der Waals surface area (Å²) in [5.41, 5.74) is 2.36. The van der Waals surface area contributed by atoms with Gasteiger partial charge in [0.1, 0.15) is 0 Å². The zero-order valence-corrected chi connectivity index (χ0v) is 18.3. The summed E-state index contributed by atoms with van der Waals surface area (Å²) in [6.45, 7) is 2.69. The third kappa shape index (κ3) is 4.84. The van der Waals surface area contributed by atoms with Crippen LogP contribution in [0.4, 0.5) is 5.13 Å². The minimum atomic E-state index is 0. The first-order chi connectivity index (χ1) is 11.6. The molecular formula is C16H26IN7S. The van der Waals surface area contributed by atoms with Gasteiger partial charge in [-0.3, -0.25) is 9.67 Å². The number of anilines is 1. The van der Waals surface area contributed by atoms with Gasteiger partial charge in [-0.2, -0.15) is 5.10 Å². The van der Waals surface area contributed by atoms with Gasteiger partial charge in [-0.1, -0.05) is 0 Å². The first-order valence-electron chi connectivity index (χ1n) is 8.12. The van der Waals surface area contributed by atoms with Gasteiger partial charge in [0.2, 0.25) is 0 Å². The molecule has 1 unspecified atom stereocenters. The number of nitrogens with zero attached hydrogens (tertiary/aromatic N) is 6.